The monoisotopic (exact) mass is 579 g/mol. The van der Waals surface area contributed by atoms with Crippen molar-refractivity contribution in [2.75, 3.05) is 0 Å². The third-order valence-electron chi connectivity index (χ3n) is 8.35. The summed E-state index contributed by atoms with van der Waals surface area (Å²) in [7, 11) is 0. The van der Waals surface area contributed by atoms with Gasteiger partial charge in [-0.05, 0) is 67.5 Å². The molecule has 0 bridgehead atoms. The van der Waals surface area contributed by atoms with Crippen LogP contribution in [0.5, 0.6) is 5.75 Å². The molecule has 0 radical (unpaired) electrons. The number of carbonyl (C=O) groups is 1. The van der Waals surface area contributed by atoms with Crippen molar-refractivity contribution in [1.82, 2.24) is 24.8 Å². The minimum atomic E-state index is -4.41. The molecule has 0 saturated heterocycles. The molecule has 220 valence electrons. The lowest BCUT2D eigenvalue weighted by Gasteiger charge is -2.28. The lowest BCUT2D eigenvalue weighted by Crippen LogP contribution is -2.25. The van der Waals surface area contributed by atoms with E-state index >= 15 is 0 Å². The molecule has 4 aromatic rings. The number of aromatic carboxylic acids is 1. The molecular formula is C31H32F3N5O3. The molecule has 2 aromatic heterocycles. The van der Waals surface area contributed by atoms with Gasteiger partial charge in [0, 0.05) is 18.0 Å². The van der Waals surface area contributed by atoms with Gasteiger partial charge < -0.3 is 9.84 Å². The highest BCUT2D eigenvalue weighted by atomic mass is 19.4. The summed E-state index contributed by atoms with van der Waals surface area (Å²) in [5.74, 6) is -0.258. The average Bonchev–Trinajstić information content (AvgIpc) is 3.39. The number of ether oxygens (including phenoxy) is 1. The molecule has 2 aromatic carbocycles. The maximum Gasteiger partial charge on any atom is 0.408 e. The van der Waals surface area contributed by atoms with E-state index in [1.54, 1.807) is 4.68 Å². The van der Waals surface area contributed by atoms with Gasteiger partial charge in [0.2, 0.25) is 0 Å². The summed E-state index contributed by atoms with van der Waals surface area (Å²) in [5.41, 5.74) is 3.52. The molecule has 2 aliphatic rings. The second-order valence-corrected chi connectivity index (χ2v) is 11.4. The zero-order chi connectivity index (χ0) is 29.4. The minimum absolute atomic E-state index is 0.0580. The van der Waals surface area contributed by atoms with Crippen LogP contribution in [0.3, 0.4) is 0 Å². The van der Waals surface area contributed by atoms with Crippen LogP contribution in [-0.2, 0) is 6.54 Å². The first-order valence-corrected chi connectivity index (χ1v) is 14.3. The number of aromatic nitrogens is 5. The van der Waals surface area contributed by atoms with Crippen molar-refractivity contribution < 1.29 is 27.8 Å². The highest BCUT2D eigenvalue weighted by Gasteiger charge is 2.46. The van der Waals surface area contributed by atoms with Gasteiger partial charge in [-0.3, -0.25) is 0 Å². The zero-order valence-electron chi connectivity index (χ0n) is 23.2. The highest BCUT2D eigenvalue weighted by Crippen LogP contribution is 2.55. The predicted octanol–water partition coefficient (Wildman–Crippen LogP) is 7.01. The number of rotatable bonds is 9. The van der Waals surface area contributed by atoms with E-state index in [0.717, 1.165) is 21.6 Å². The molecule has 2 saturated carbocycles. The SMILES string of the molecule is CC(Oc1cccc(-c2cccc(-n3ncc(C(=O)O)c3[C@@H]3C[C@H]3c3cn(CC(F)(F)F)nn3)c2)c1)C1CCCCC1. The Hall–Kier alpha value is -4.15. The number of nitrogens with zero attached hydrogens (tertiary/aromatic N) is 5. The van der Waals surface area contributed by atoms with Crippen molar-refractivity contribution >= 4 is 5.97 Å². The molecule has 42 heavy (non-hydrogen) atoms. The van der Waals surface area contributed by atoms with E-state index < -0.39 is 18.7 Å². The minimum Gasteiger partial charge on any atom is -0.490 e. The fourth-order valence-electron chi connectivity index (χ4n) is 6.13. The molecule has 1 unspecified atom stereocenters. The molecule has 0 spiro atoms. The van der Waals surface area contributed by atoms with Crippen molar-refractivity contribution in [2.45, 2.75) is 76.1 Å². The van der Waals surface area contributed by atoms with Crippen molar-refractivity contribution in [2.24, 2.45) is 5.92 Å². The molecule has 2 fully saturated rings. The first kappa shape index (κ1) is 28.0. The topological polar surface area (TPSA) is 95.1 Å². The molecule has 0 aliphatic heterocycles. The molecule has 0 amide bonds. The number of hydrogen-bond donors (Lipinski definition) is 1. The van der Waals surface area contributed by atoms with Gasteiger partial charge in [-0.15, -0.1) is 5.10 Å². The number of benzene rings is 2. The molecular weight excluding hydrogens is 547 g/mol. The van der Waals surface area contributed by atoms with Crippen LogP contribution in [0.2, 0.25) is 0 Å². The third-order valence-corrected chi connectivity index (χ3v) is 8.35. The third kappa shape index (κ3) is 6.05. The van der Waals surface area contributed by atoms with E-state index in [2.05, 4.69) is 22.3 Å². The van der Waals surface area contributed by atoms with Crippen LogP contribution in [0.25, 0.3) is 16.8 Å². The van der Waals surface area contributed by atoms with E-state index in [1.807, 2.05) is 48.5 Å². The molecule has 2 aliphatic carbocycles. The Morgan fingerprint density at radius 3 is 2.55 bits per heavy atom. The number of hydrogen-bond acceptors (Lipinski definition) is 5. The van der Waals surface area contributed by atoms with Crippen LogP contribution < -0.4 is 4.74 Å². The van der Waals surface area contributed by atoms with E-state index in [4.69, 9.17) is 4.74 Å². The van der Waals surface area contributed by atoms with Gasteiger partial charge in [0.15, 0.2) is 0 Å². The number of alkyl halides is 3. The molecule has 1 N–H and O–H groups in total. The standard InChI is InChI=1S/C31H32F3N5O3/c1-19(20-7-3-2-4-8-20)42-24-12-6-10-22(14-24)21-9-5-11-23(13-21)39-29(27(16-35-39)30(40)41)26-15-25(26)28-17-38(37-36-28)18-31(32,33)34/h5-6,9-14,16-17,19-20,25-26H,2-4,7-8,15,18H2,1H3,(H,40,41)/t19?,25-,26-/m1/s1. The smallest absolute Gasteiger partial charge is 0.408 e. The number of carboxylic acids is 1. The molecule has 8 nitrogen and oxygen atoms in total. The summed E-state index contributed by atoms with van der Waals surface area (Å²) in [4.78, 5) is 12.1. The van der Waals surface area contributed by atoms with Crippen molar-refractivity contribution in [1.29, 1.82) is 0 Å². The van der Waals surface area contributed by atoms with Crippen molar-refractivity contribution in [3.05, 3.63) is 77.9 Å². The van der Waals surface area contributed by atoms with Crippen LogP contribution in [0.4, 0.5) is 13.2 Å². The Morgan fingerprint density at radius 1 is 1.07 bits per heavy atom. The summed E-state index contributed by atoms with van der Waals surface area (Å²) in [6.07, 6.45) is 5.06. The Kier molecular flexibility index (Phi) is 7.51. The van der Waals surface area contributed by atoms with Crippen LogP contribution in [0.15, 0.2) is 60.9 Å². The highest BCUT2D eigenvalue weighted by molar-refractivity contribution is 5.89. The van der Waals surface area contributed by atoms with Gasteiger partial charge >= 0.3 is 12.1 Å². The fraction of sp³-hybridized carbons (Fsp3) is 0.419. The Balaban J connectivity index is 1.25. The lowest BCUT2D eigenvalue weighted by atomic mass is 9.86. The first-order chi connectivity index (χ1) is 20.2. The summed E-state index contributed by atoms with van der Waals surface area (Å²) >= 11 is 0. The second kappa shape index (κ2) is 11.3. The van der Waals surface area contributed by atoms with Crippen LogP contribution >= 0.6 is 0 Å². The van der Waals surface area contributed by atoms with E-state index in [0.29, 0.717) is 29.4 Å². The van der Waals surface area contributed by atoms with Crippen LogP contribution in [-0.4, -0.2) is 48.1 Å². The fourth-order valence-corrected chi connectivity index (χ4v) is 6.13. The van der Waals surface area contributed by atoms with Gasteiger partial charge in [0.1, 0.15) is 17.9 Å². The maximum absolute atomic E-state index is 12.8. The Morgan fingerprint density at radius 2 is 1.81 bits per heavy atom. The van der Waals surface area contributed by atoms with Crippen LogP contribution in [0.1, 0.15) is 79.0 Å². The quantitative estimate of drug-likeness (QED) is 0.229. The van der Waals surface area contributed by atoms with Gasteiger partial charge in [0.05, 0.1) is 29.4 Å². The van der Waals surface area contributed by atoms with E-state index in [9.17, 15) is 23.1 Å². The molecule has 6 rings (SSSR count). The van der Waals surface area contributed by atoms with Gasteiger partial charge in [-0.25, -0.2) is 14.2 Å². The first-order valence-electron chi connectivity index (χ1n) is 14.3. The van der Waals surface area contributed by atoms with Crippen molar-refractivity contribution in [3.8, 4) is 22.6 Å². The number of halogens is 3. The normalized spacial score (nSPS) is 19.9. The molecule has 11 heteroatoms. The lowest BCUT2D eigenvalue weighted by molar-refractivity contribution is -0.142. The summed E-state index contributed by atoms with van der Waals surface area (Å²) in [6.45, 7) is 0.915. The van der Waals surface area contributed by atoms with E-state index in [1.165, 1.54) is 44.5 Å². The van der Waals surface area contributed by atoms with Gasteiger partial charge in [0.25, 0.3) is 0 Å². The predicted molar refractivity (Wildman–Crippen MR) is 149 cm³/mol. The summed E-state index contributed by atoms with van der Waals surface area (Å²) in [6, 6.07) is 15.6. The average molecular weight is 580 g/mol. The second-order valence-electron chi connectivity index (χ2n) is 11.4. The number of carboxylic acid groups (broad SMARTS) is 1. The van der Waals surface area contributed by atoms with Crippen LogP contribution in [0, 0.1) is 5.92 Å². The zero-order valence-corrected chi connectivity index (χ0v) is 23.2. The van der Waals surface area contributed by atoms with Crippen molar-refractivity contribution in [3.63, 3.8) is 0 Å². The molecule has 3 atom stereocenters. The van der Waals surface area contributed by atoms with Gasteiger partial charge in [-0.1, -0.05) is 48.7 Å². The van der Waals surface area contributed by atoms with Gasteiger partial charge in [-0.2, -0.15) is 18.3 Å². The Labute approximate surface area is 241 Å². The molecule has 2 heterocycles. The largest absolute Gasteiger partial charge is 0.490 e. The Bertz CT molecular complexity index is 1570. The van der Waals surface area contributed by atoms with E-state index in [-0.39, 0.29) is 23.5 Å². The maximum atomic E-state index is 12.8. The summed E-state index contributed by atoms with van der Waals surface area (Å²) < 4.78 is 47.1. The summed E-state index contributed by atoms with van der Waals surface area (Å²) in [5, 5.41) is 21.9.